The van der Waals surface area contributed by atoms with Gasteiger partial charge in [0.15, 0.2) is 0 Å². The highest BCUT2D eigenvalue weighted by atomic mass is 32.1. The first-order chi connectivity index (χ1) is 7.70. The largest absolute Gasteiger partial charge is 0.497 e. The monoisotopic (exact) mass is 234 g/mol. The van der Waals surface area contributed by atoms with Gasteiger partial charge in [-0.15, -0.1) is 11.3 Å². The Morgan fingerprint density at radius 1 is 1.25 bits per heavy atom. The number of ether oxygens (including phenoxy) is 1. The Bertz CT molecular complexity index is 482. The quantitative estimate of drug-likeness (QED) is 0.782. The fourth-order valence-electron chi connectivity index (χ4n) is 1.41. The fraction of sp³-hybridized carbons (Fsp3) is 0.0909. The minimum absolute atomic E-state index is 0.516. The maximum Gasteiger partial charge on any atom is 0.489 e. The predicted octanol–water partition coefficient (Wildman–Crippen LogP) is 1.10. The van der Waals surface area contributed by atoms with E-state index in [4.69, 9.17) is 14.8 Å². The summed E-state index contributed by atoms with van der Waals surface area (Å²) >= 11 is 1.47. The van der Waals surface area contributed by atoms with E-state index in [-0.39, 0.29) is 0 Å². The van der Waals surface area contributed by atoms with Crippen LogP contribution in [0.1, 0.15) is 0 Å². The molecule has 0 aliphatic heterocycles. The van der Waals surface area contributed by atoms with Crippen molar-refractivity contribution in [3.05, 3.63) is 35.7 Å². The molecule has 0 atom stereocenters. The summed E-state index contributed by atoms with van der Waals surface area (Å²) in [4.78, 5) is 0.988. The van der Waals surface area contributed by atoms with Crippen LogP contribution in [-0.4, -0.2) is 24.3 Å². The third kappa shape index (κ3) is 2.27. The Hall–Kier alpha value is -1.30. The van der Waals surface area contributed by atoms with E-state index in [0.29, 0.717) is 5.46 Å². The number of hydrogen-bond donors (Lipinski definition) is 2. The van der Waals surface area contributed by atoms with Crippen LogP contribution >= 0.6 is 11.3 Å². The molecular formula is C11H11BO3S. The summed E-state index contributed by atoms with van der Waals surface area (Å²) in [7, 11) is 0.215. The maximum absolute atomic E-state index is 9.02. The molecule has 0 spiro atoms. The lowest BCUT2D eigenvalue weighted by molar-refractivity contribution is 0.415. The molecule has 0 unspecified atom stereocenters. The van der Waals surface area contributed by atoms with Crippen LogP contribution in [0.25, 0.3) is 10.4 Å². The summed E-state index contributed by atoms with van der Waals surface area (Å²) in [6.07, 6.45) is 0. The molecule has 1 aromatic heterocycles. The number of benzene rings is 1. The van der Waals surface area contributed by atoms with Crippen LogP contribution in [0.3, 0.4) is 0 Å². The number of rotatable bonds is 3. The van der Waals surface area contributed by atoms with Gasteiger partial charge >= 0.3 is 7.12 Å². The molecule has 1 aromatic carbocycles. The Morgan fingerprint density at radius 2 is 2.06 bits per heavy atom. The number of hydrogen-bond acceptors (Lipinski definition) is 4. The van der Waals surface area contributed by atoms with Crippen LogP contribution in [0.15, 0.2) is 35.7 Å². The highest BCUT2D eigenvalue weighted by molar-refractivity contribution is 7.14. The zero-order valence-corrected chi connectivity index (χ0v) is 9.57. The highest BCUT2D eigenvalue weighted by Gasteiger charge is 2.13. The first kappa shape index (κ1) is 11.2. The SMILES string of the molecule is COc1cccc(-c2cc(B(O)O)cs2)c1. The van der Waals surface area contributed by atoms with Crippen LogP contribution in [0.4, 0.5) is 0 Å². The van der Waals surface area contributed by atoms with Gasteiger partial charge in [0.25, 0.3) is 0 Å². The van der Waals surface area contributed by atoms with E-state index in [2.05, 4.69) is 0 Å². The first-order valence-electron chi connectivity index (χ1n) is 4.79. The second kappa shape index (κ2) is 4.70. The standard InChI is InChI=1S/C11H11BO3S/c1-15-10-4-2-3-8(5-10)11-6-9(7-16-11)12(13)14/h2-7,13-14H,1H3. The van der Waals surface area contributed by atoms with Crippen molar-refractivity contribution in [3.63, 3.8) is 0 Å². The van der Waals surface area contributed by atoms with E-state index in [1.165, 1.54) is 11.3 Å². The van der Waals surface area contributed by atoms with Gasteiger partial charge in [0.05, 0.1) is 7.11 Å². The third-order valence-corrected chi connectivity index (χ3v) is 3.27. The average molecular weight is 234 g/mol. The van der Waals surface area contributed by atoms with Crippen molar-refractivity contribution in [2.75, 3.05) is 7.11 Å². The van der Waals surface area contributed by atoms with Crippen molar-refractivity contribution in [3.8, 4) is 16.2 Å². The molecule has 0 fully saturated rings. The van der Waals surface area contributed by atoms with Gasteiger partial charge < -0.3 is 14.8 Å². The average Bonchev–Trinajstić information content (AvgIpc) is 2.78. The summed E-state index contributed by atoms with van der Waals surface area (Å²) in [5.74, 6) is 0.789. The molecule has 0 bridgehead atoms. The van der Waals surface area contributed by atoms with Gasteiger partial charge in [-0.05, 0) is 34.6 Å². The summed E-state index contributed by atoms with van der Waals surface area (Å²) in [5.41, 5.74) is 1.53. The van der Waals surface area contributed by atoms with Crippen LogP contribution in [0.2, 0.25) is 0 Å². The second-order valence-corrected chi connectivity index (χ2v) is 4.26. The molecule has 0 aliphatic carbocycles. The highest BCUT2D eigenvalue weighted by Crippen LogP contribution is 2.26. The Labute approximate surface area is 98.1 Å². The minimum atomic E-state index is -1.41. The van der Waals surface area contributed by atoms with Crippen molar-refractivity contribution in [2.24, 2.45) is 0 Å². The number of methoxy groups -OCH3 is 1. The molecular weight excluding hydrogens is 223 g/mol. The third-order valence-electron chi connectivity index (χ3n) is 2.27. The molecule has 2 rings (SSSR count). The van der Waals surface area contributed by atoms with E-state index in [1.807, 2.05) is 24.3 Å². The van der Waals surface area contributed by atoms with Gasteiger partial charge in [0, 0.05) is 4.88 Å². The topological polar surface area (TPSA) is 49.7 Å². The van der Waals surface area contributed by atoms with Gasteiger partial charge in [-0.3, -0.25) is 0 Å². The Balaban J connectivity index is 2.34. The van der Waals surface area contributed by atoms with Crippen LogP contribution in [-0.2, 0) is 0 Å². The van der Waals surface area contributed by atoms with Gasteiger partial charge in [-0.25, -0.2) is 0 Å². The van der Waals surface area contributed by atoms with E-state index in [1.54, 1.807) is 18.6 Å². The van der Waals surface area contributed by atoms with Crippen LogP contribution in [0, 0.1) is 0 Å². The molecule has 0 saturated heterocycles. The molecule has 0 radical (unpaired) electrons. The minimum Gasteiger partial charge on any atom is -0.497 e. The molecule has 3 nitrogen and oxygen atoms in total. The molecule has 16 heavy (non-hydrogen) atoms. The molecule has 2 N–H and O–H groups in total. The molecule has 1 heterocycles. The number of thiophene rings is 1. The van der Waals surface area contributed by atoms with Gasteiger partial charge in [0.1, 0.15) is 5.75 Å². The Morgan fingerprint density at radius 3 is 2.69 bits per heavy atom. The summed E-state index contributed by atoms with van der Waals surface area (Å²) in [6.45, 7) is 0. The first-order valence-corrected chi connectivity index (χ1v) is 5.67. The van der Waals surface area contributed by atoms with E-state index >= 15 is 0 Å². The zero-order chi connectivity index (χ0) is 11.5. The van der Waals surface area contributed by atoms with Gasteiger partial charge in [0.2, 0.25) is 0 Å². The van der Waals surface area contributed by atoms with Crippen molar-refractivity contribution in [1.29, 1.82) is 0 Å². The van der Waals surface area contributed by atoms with Crippen LogP contribution < -0.4 is 10.2 Å². The lowest BCUT2D eigenvalue weighted by Gasteiger charge is -2.01. The van der Waals surface area contributed by atoms with E-state index < -0.39 is 7.12 Å². The maximum atomic E-state index is 9.02. The normalized spacial score (nSPS) is 10.2. The molecule has 5 heteroatoms. The summed E-state index contributed by atoms with van der Waals surface area (Å²) in [6, 6.07) is 9.42. The summed E-state index contributed by atoms with van der Waals surface area (Å²) in [5, 5.41) is 19.8. The fourth-order valence-corrected chi connectivity index (χ4v) is 2.33. The summed E-state index contributed by atoms with van der Waals surface area (Å²) < 4.78 is 5.14. The zero-order valence-electron chi connectivity index (χ0n) is 8.75. The molecule has 0 amide bonds. The van der Waals surface area contributed by atoms with Gasteiger partial charge in [-0.2, -0.15) is 0 Å². The molecule has 0 saturated carbocycles. The molecule has 0 aliphatic rings. The van der Waals surface area contributed by atoms with E-state index in [9.17, 15) is 0 Å². The second-order valence-electron chi connectivity index (χ2n) is 3.35. The van der Waals surface area contributed by atoms with Crippen molar-refractivity contribution in [1.82, 2.24) is 0 Å². The van der Waals surface area contributed by atoms with Crippen molar-refractivity contribution in [2.45, 2.75) is 0 Å². The molecule has 2 aromatic rings. The lowest BCUT2D eigenvalue weighted by Crippen LogP contribution is -2.27. The lowest BCUT2D eigenvalue weighted by atomic mass is 9.82. The van der Waals surface area contributed by atoms with Crippen LogP contribution in [0.5, 0.6) is 5.75 Å². The molecule has 82 valence electrons. The predicted molar refractivity (Wildman–Crippen MR) is 66.1 cm³/mol. The van der Waals surface area contributed by atoms with Gasteiger partial charge in [-0.1, -0.05) is 12.1 Å². The van der Waals surface area contributed by atoms with Crippen molar-refractivity contribution < 1.29 is 14.8 Å². The van der Waals surface area contributed by atoms with E-state index in [0.717, 1.165) is 16.2 Å². The smallest absolute Gasteiger partial charge is 0.489 e. The Kier molecular flexibility index (Phi) is 3.29. The van der Waals surface area contributed by atoms with Crippen molar-refractivity contribution >= 4 is 23.9 Å².